The molecule has 1 N–H and O–H groups in total. The van der Waals surface area contributed by atoms with Gasteiger partial charge in [-0.2, -0.15) is 0 Å². The van der Waals surface area contributed by atoms with Crippen molar-refractivity contribution < 1.29 is 0 Å². The number of hydrogen-bond donors (Lipinski definition) is 1. The molecule has 4 unspecified atom stereocenters. The quantitative estimate of drug-likeness (QED) is 0.713. The first-order valence-electron chi connectivity index (χ1n) is 6.41. The molecule has 2 rings (SSSR count). The fourth-order valence-electron chi connectivity index (χ4n) is 3.42. The molecule has 0 bridgehead atoms. The van der Waals surface area contributed by atoms with Crippen LogP contribution in [-0.4, -0.2) is 12.6 Å². The van der Waals surface area contributed by atoms with Crippen LogP contribution in [0.15, 0.2) is 0 Å². The van der Waals surface area contributed by atoms with Crippen molar-refractivity contribution in [2.24, 2.45) is 17.3 Å². The van der Waals surface area contributed by atoms with E-state index in [4.69, 9.17) is 0 Å². The minimum absolute atomic E-state index is 0.607. The standard InChI is InChI=1S/C13H25N/c1-4-13(3)9-14-12(13)11-8-6-5-7-10(11)2/h10-12,14H,4-9H2,1-3H3. The van der Waals surface area contributed by atoms with Crippen molar-refractivity contribution in [3.63, 3.8) is 0 Å². The van der Waals surface area contributed by atoms with Crippen LogP contribution in [0.2, 0.25) is 0 Å². The molecule has 0 spiro atoms. The van der Waals surface area contributed by atoms with E-state index in [1.165, 1.54) is 38.6 Å². The highest BCUT2D eigenvalue weighted by atomic mass is 15.0. The SMILES string of the molecule is CCC1(C)CNC1C1CCCCC1C. The molecule has 82 valence electrons. The smallest absolute Gasteiger partial charge is 0.0164 e. The van der Waals surface area contributed by atoms with Crippen LogP contribution in [0, 0.1) is 17.3 Å². The number of nitrogens with one attached hydrogen (secondary N) is 1. The lowest BCUT2D eigenvalue weighted by atomic mass is 9.62. The van der Waals surface area contributed by atoms with Crippen molar-refractivity contribution in [3.05, 3.63) is 0 Å². The van der Waals surface area contributed by atoms with E-state index < -0.39 is 0 Å². The lowest BCUT2D eigenvalue weighted by Crippen LogP contribution is -2.64. The maximum Gasteiger partial charge on any atom is 0.0164 e. The first kappa shape index (κ1) is 10.5. The highest BCUT2D eigenvalue weighted by Gasteiger charge is 2.46. The van der Waals surface area contributed by atoms with E-state index in [1.807, 2.05) is 0 Å². The molecule has 2 aliphatic rings. The molecule has 1 saturated heterocycles. The molecule has 0 aromatic carbocycles. The molecule has 0 radical (unpaired) electrons. The Kier molecular flexibility index (Phi) is 2.88. The Morgan fingerprint density at radius 1 is 1.29 bits per heavy atom. The summed E-state index contributed by atoms with van der Waals surface area (Å²) in [6.07, 6.45) is 7.20. The van der Waals surface area contributed by atoms with E-state index in [0.29, 0.717) is 5.41 Å². The molecule has 0 aromatic heterocycles. The molecule has 0 aromatic rings. The third-order valence-electron chi connectivity index (χ3n) is 4.89. The van der Waals surface area contributed by atoms with Gasteiger partial charge < -0.3 is 5.32 Å². The van der Waals surface area contributed by atoms with Gasteiger partial charge >= 0.3 is 0 Å². The minimum Gasteiger partial charge on any atom is -0.313 e. The van der Waals surface area contributed by atoms with Crippen LogP contribution >= 0.6 is 0 Å². The van der Waals surface area contributed by atoms with Gasteiger partial charge in [0.05, 0.1) is 0 Å². The zero-order chi connectivity index (χ0) is 10.2. The largest absolute Gasteiger partial charge is 0.313 e. The molecule has 2 fully saturated rings. The second-order valence-electron chi connectivity index (χ2n) is 5.79. The summed E-state index contributed by atoms with van der Waals surface area (Å²) in [5.74, 6) is 1.91. The first-order chi connectivity index (χ1) is 6.67. The highest BCUT2D eigenvalue weighted by Crippen LogP contribution is 2.44. The van der Waals surface area contributed by atoms with Crippen LogP contribution in [0.25, 0.3) is 0 Å². The summed E-state index contributed by atoms with van der Waals surface area (Å²) in [6, 6.07) is 0.822. The molecule has 1 heterocycles. The topological polar surface area (TPSA) is 12.0 Å². The van der Waals surface area contributed by atoms with E-state index in [2.05, 4.69) is 26.1 Å². The molecular formula is C13H25N. The van der Waals surface area contributed by atoms with Crippen LogP contribution in [-0.2, 0) is 0 Å². The van der Waals surface area contributed by atoms with E-state index in [0.717, 1.165) is 17.9 Å². The molecule has 1 nitrogen and oxygen atoms in total. The van der Waals surface area contributed by atoms with Crippen LogP contribution in [0.4, 0.5) is 0 Å². The fraction of sp³-hybridized carbons (Fsp3) is 1.00. The van der Waals surface area contributed by atoms with Crippen molar-refractivity contribution in [2.45, 2.75) is 58.9 Å². The summed E-state index contributed by atoms with van der Waals surface area (Å²) < 4.78 is 0. The summed E-state index contributed by atoms with van der Waals surface area (Å²) in [6.45, 7) is 8.52. The van der Waals surface area contributed by atoms with Gasteiger partial charge in [-0.05, 0) is 30.1 Å². The van der Waals surface area contributed by atoms with Crippen molar-refractivity contribution in [1.29, 1.82) is 0 Å². The Hall–Kier alpha value is -0.0400. The van der Waals surface area contributed by atoms with Crippen molar-refractivity contribution >= 4 is 0 Å². The number of hydrogen-bond acceptors (Lipinski definition) is 1. The zero-order valence-corrected chi connectivity index (χ0v) is 9.97. The maximum atomic E-state index is 3.69. The van der Waals surface area contributed by atoms with Gasteiger partial charge in [-0.3, -0.25) is 0 Å². The Morgan fingerprint density at radius 2 is 2.00 bits per heavy atom. The predicted octanol–water partition coefficient (Wildman–Crippen LogP) is 3.20. The second-order valence-corrected chi connectivity index (χ2v) is 5.79. The van der Waals surface area contributed by atoms with Gasteiger partial charge in [0.25, 0.3) is 0 Å². The Balaban J connectivity index is 2.00. The van der Waals surface area contributed by atoms with Crippen LogP contribution < -0.4 is 5.32 Å². The molecule has 14 heavy (non-hydrogen) atoms. The van der Waals surface area contributed by atoms with Crippen molar-refractivity contribution in [2.75, 3.05) is 6.54 Å². The van der Waals surface area contributed by atoms with Crippen LogP contribution in [0.5, 0.6) is 0 Å². The maximum absolute atomic E-state index is 3.69. The van der Waals surface area contributed by atoms with Crippen molar-refractivity contribution in [1.82, 2.24) is 5.32 Å². The Morgan fingerprint density at radius 3 is 2.50 bits per heavy atom. The van der Waals surface area contributed by atoms with E-state index in [-0.39, 0.29) is 0 Å². The molecule has 4 atom stereocenters. The normalized spacial score (nSPS) is 48.6. The van der Waals surface area contributed by atoms with E-state index in [1.54, 1.807) is 0 Å². The lowest BCUT2D eigenvalue weighted by molar-refractivity contribution is 0.0159. The molecular weight excluding hydrogens is 170 g/mol. The summed E-state index contributed by atoms with van der Waals surface area (Å²) >= 11 is 0. The van der Waals surface area contributed by atoms with Gasteiger partial charge in [0, 0.05) is 12.6 Å². The van der Waals surface area contributed by atoms with Crippen molar-refractivity contribution in [3.8, 4) is 0 Å². The van der Waals surface area contributed by atoms with Gasteiger partial charge in [-0.1, -0.05) is 40.0 Å². The predicted molar refractivity (Wildman–Crippen MR) is 61.3 cm³/mol. The van der Waals surface area contributed by atoms with Gasteiger partial charge in [-0.15, -0.1) is 0 Å². The highest BCUT2D eigenvalue weighted by molar-refractivity contribution is 5.02. The average Bonchev–Trinajstić information content (AvgIpc) is 2.18. The third-order valence-corrected chi connectivity index (χ3v) is 4.89. The molecule has 1 saturated carbocycles. The second kappa shape index (κ2) is 3.84. The lowest BCUT2D eigenvalue weighted by Gasteiger charge is -2.54. The average molecular weight is 195 g/mol. The number of rotatable bonds is 2. The molecule has 1 heteroatoms. The van der Waals surface area contributed by atoms with Crippen LogP contribution in [0.1, 0.15) is 52.9 Å². The van der Waals surface area contributed by atoms with Gasteiger partial charge in [-0.25, -0.2) is 0 Å². The first-order valence-corrected chi connectivity index (χ1v) is 6.41. The Labute approximate surface area is 88.7 Å². The van der Waals surface area contributed by atoms with Gasteiger partial charge in [0.2, 0.25) is 0 Å². The monoisotopic (exact) mass is 195 g/mol. The summed E-state index contributed by atoms with van der Waals surface area (Å²) in [7, 11) is 0. The van der Waals surface area contributed by atoms with Crippen LogP contribution in [0.3, 0.4) is 0 Å². The summed E-state index contributed by atoms with van der Waals surface area (Å²) in [5.41, 5.74) is 0.607. The van der Waals surface area contributed by atoms with E-state index >= 15 is 0 Å². The summed E-state index contributed by atoms with van der Waals surface area (Å²) in [4.78, 5) is 0. The Bertz CT molecular complexity index is 197. The third kappa shape index (κ3) is 1.60. The zero-order valence-electron chi connectivity index (χ0n) is 9.97. The molecule has 1 aliphatic heterocycles. The van der Waals surface area contributed by atoms with Gasteiger partial charge in [0.15, 0.2) is 0 Å². The molecule has 0 amide bonds. The van der Waals surface area contributed by atoms with E-state index in [9.17, 15) is 0 Å². The molecule has 1 aliphatic carbocycles. The van der Waals surface area contributed by atoms with Gasteiger partial charge in [0.1, 0.15) is 0 Å². The summed E-state index contributed by atoms with van der Waals surface area (Å²) in [5, 5.41) is 3.69. The minimum atomic E-state index is 0.607. The fourth-order valence-corrected chi connectivity index (χ4v) is 3.42.